The zero-order valence-corrected chi connectivity index (χ0v) is 12.9. The maximum absolute atomic E-state index is 12.8. The summed E-state index contributed by atoms with van der Waals surface area (Å²) in [4.78, 5) is 0.206. The average molecular weight is 293 g/mol. The van der Waals surface area contributed by atoms with Gasteiger partial charge in [-0.05, 0) is 32.4 Å². The van der Waals surface area contributed by atoms with Gasteiger partial charge in [0.15, 0.2) is 0 Å². The third-order valence-corrected chi connectivity index (χ3v) is 5.00. The number of benzene rings is 1. The van der Waals surface area contributed by atoms with Crippen LogP contribution in [0.15, 0.2) is 41.6 Å². The summed E-state index contributed by atoms with van der Waals surface area (Å²) in [5.74, 6) is 0. The molecule has 0 atom stereocenters. The molecule has 1 aromatic carbocycles. The Hall–Kier alpha value is -1.82. The quantitative estimate of drug-likeness (QED) is 0.869. The molecule has 108 valence electrons. The van der Waals surface area contributed by atoms with E-state index in [4.69, 9.17) is 0 Å². The van der Waals surface area contributed by atoms with Gasteiger partial charge in [0, 0.05) is 19.3 Å². The van der Waals surface area contributed by atoms with Crippen LogP contribution in [0.5, 0.6) is 0 Å². The Kier molecular flexibility index (Phi) is 3.85. The number of nitrogens with zero attached hydrogens (tertiary/aromatic N) is 3. The summed E-state index contributed by atoms with van der Waals surface area (Å²) in [5.41, 5.74) is 1.63. The molecule has 1 aromatic heterocycles. The van der Waals surface area contributed by atoms with Gasteiger partial charge in [0.1, 0.15) is 4.90 Å². The minimum Gasteiger partial charge on any atom is -0.274 e. The van der Waals surface area contributed by atoms with Crippen LogP contribution in [0.4, 0.5) is 5.69 Å². The van der Waals surface area contributed by atoms with Gasteiger partial charge in [-0.25, -0.2) is 8.42 Å². The van der Waals surface area contributed by atoms with E-state index in [0.29, 0.717) is 5.69 Å². The Bertz CT molecular complexity index is 705. The van der Waals surface area contributed by atoms with E-state index in [1.54, 1.807) is 7.05 Å². The first kappa shape index (κ1) is 14.6. The van der Waals surface area contributed by atoms with Gasteiger partial charge in [-0.2, -0.15) is 5.10 Å². The molecule has 0 aliphatic heterocycles. The van der Waals surface area contributed by atoms with Crippen molar-refractivity contribution in [2.75, 3.05) is 4.31 Å². The zero-order valence-electron chi connectivity index (χ0n) is 12.1. The van der Waals surface area contributed by atoms with Gasteiger partial charge in [-0.3, -0.25) is 8.99 Å². The Morgan fingerprint density at radius 2 is 1.90 bits per heavy atom. The van der Waals surface area contributed by atoms with Crippen LogP contribution in [0.3, 0.4) is 0 Å². The molecule has 0 N–H and O–H groups in total. The molecular formula is C14H19N3O2S. The summed E-state index contributed by atoms with van der Waals surface area (Å²) in [6.07, 6.45) is 2.89. The Labute approximate surface area is 119 Å². The van der Waals surface area contributed by atoms with Crippen molar-refractivity contribution in [3.05, 3.63) is 42.2 Å². The van der Waals surface area contributed by atoms with Crippen LogP contribution < -0.4 is 4.31 Å². The third kappa shape index (κ3) is 2.56. The SMILES string of the molecule is Cc1ccccc1N(C(C)C)S(=O)(=O)c1cnn(C)c1. The van der Waals surface area contributed by atoms with Crippen LogP contribution in [-0.4, -0.2) is 24.2 Å². The molecule has 20 heavy (non-hydrogen) atoms. The second-order valence-electron chi connectivity index (χ2n) is 5.03. The molecule has 0 unspecified atom stereocenters. The normalized spacial score (nSPS) is 11.8. The lowest BCUT2D eigenvalue weighted by Gasteiger charge is -2.29. The number of aromatic nitrogens is 2. The number of sulfonamides is 1. The number of anilines is 1. The molecule has 0 bridgehead atoms. The second-order valence-corrected chi connectivity index (χ2v) is 6.85. The van der Waals surface area contributed by atoms with Gasteiger partial charge in [-0.15, -0.1) is 0 Å². The maximum atomic E-state index is 12.8. The lowest BCUT2D eigenvalue weighted by atomic mass is 10.2. The highest BCUT2D eigenvalue weighted by Gasteiger charge is 2.29. The number of para-hydroxylation sites is 1. The van der Waals surface area contributed by atoms with Crippen molar-refractivity contribution in [3.63, 3.8) is 0 Å². The largest absolute Gasteiger partial charge is 0.274 e. The Morgan fingerprint density at radius 1 is 1.25 bits per heavy atom. The summed E-state index contributed by atoms with van der Waals surface area (Å²) in [5, 5.41) is 3.95. The van der Waals surface area contributed by atoms with Crippen molar-refractivity contribution in [1.82, 2.24) is 9.78 Å². The molecule has 2 aromatic rings. The van der Waals surface area contributed by atoms with E-state index in [2.05, 4.69) is 5.10 Å². The smallest absolute Gasteiger partial charge is 0.267 e. The predicted octanol–water partition coefficient (Wildman–Crippen LogP) is 2.33. The highest BCUT2D eigenvalue weighted by atomic mass is 32.2. The average Bonchev–Trinajstić information content (AvgIpc) is 2.79. The van der Waals surface area contributed by atoms with Crippen molar-refractivity contribution in [3.8, 4) is 0 Å². The molecule has 0 aliphatic rings. The first-order valence-electron chi connectivity index (χ1n) is 6.42. The molecule has 0 amide bonds. The standard InChI is InChI=1S/C14H19N3O2S/c1-11(2)17(14-8-6-5-7-12(14)3)20(18,19)13-9-15-16(4)10-13/h5-11H,1-4H3. The van der Waals surface area contributed by atoms with Crippen LogP contribution in [0.1, 0.15) is 19.4 Å². The van der Waals surface area contributed by atoms with Crippen LogP contribution in [0.2, 0.25) is 0 Å². The van der Waals surface area contributed by atoms with Gasteiger partial charge in [-0.1, -0.05) is 18.2 Å². The highest BCUT2D eigenvalue weighted by molar-refractivity contribution is 7.92. The van der Waals surface area contributed by atoms with E-state index < -0.39 is 10.0 Å². The van der Waals surface area contributed by atoms with Crippen LogP contribution >= 0.6 is 0 Å². The molecule has 0 radical (unpaired) electrons. The van der Waals surface area contributed by atoms with Crippen molar-refractivity contribution in [2.24, 2.45) is 7.05 Å². The molecule has 0 saturated carbocycles. The van der Waals surface area contributed by atoms with E-state index in [1.165, 1.54) is 21.4 Å². The third-order valence-electron chi connectivity index (χ3n) is 3.06. The minimum atomic E-state index is -3.61. The Morgan fingerprint density at radius 3 is 2.40 bits per heavy atom. The van der Waals surface area contributed by atoms with Gasteiger partial charge in [0.2, 0.25) is 0 Å². The van der Waals surface area contributed by atoms with E-state index in [0.717, 1.165) is 5.56 Å². The fourth-order valence-corrected chi connectivity index (χ4v) is 3.85. The summed E-state index contributed by atoms with van der Waals surface area (Å²) < 4.78 is 28.6. The summed E-state index contributed by atoms with van der Waals surface area (Å²) in [6.45, 7) is 5.63. The van der Waals surface area contributed by atoms with Crippen molar-refractivity contribution >= 4 is 15.7 Å². The van der Waals surface area contributed by atoms with Crippen LogP contribution in [-0.2, 0) is 17.1 Å². The second kappa shape index (κ2) is 5.28. The lowest BCUT2D eigenvalue weighted by molar-refractivity contribution is 0.584. The fraction of sp³-hybridized carbons (Fsp3) is 0.357. The van der Waals surface area contributed by atoms with E-state index in [1.807, 2.05) is 45.0 Å². The first-order chi connectivity index (χ1) is 9.34. The number of hydrogen-bond donors (Lipinski definition) is 0. The molecule has 0 saturated heterocycles. The van der Waals surface area contributed by atoms with E-state index in [9.17, 15) is 8.42 Å². The predicted molar refractivity (Wildman–Crippen MR) is 79.2 cm³/mol. The fourth-order valence-electron chi connectivity index (χ4n) is 2.14. The topological polar surface area (TPSA) is 55.2 Å². The van der Waals surface area contributed by atoms with Gasteiger partial charge < -0.3 is 0 Å². The number of hydrogen-bond acceptors (Lipinski definition) is 3. The van der Waals surface area contributed by atoms with Crippen LogP contribution in [0, 0.1) is 6.92 Å². The molecule has 5 nitrogen and oxygen atoms in total. The molecule has 6 heteroatoms. The summed E-state index contributed by atoms with van der Waals surface area (Å²) >= 11 is 0. The lowest BCUT2D eigenvalue weighted by Crippen LogP contribution is -2.37. The van der Waals surface area contributed by atoms with Crippen molar-refractivity contribution in [2.45, 2.75) is 31.7 Å². The highest BCUT2D eigenvalue weighted by Crippen LogP contribution is 2.28. The minimum absolute atomic E-state index is 0.179. The van der Waals surface area contributed by atoms with Gasteiger partial charge in [0.05, 0.1) is 11.9 Å². The van der Waals surface area contributed by atoms with E-state index in [-0.39, 0.29) is 10.9 Å². The number of rotatable bonds is 4. The monoisotopic (exact) mass is 293 g/mol. The molecule has 2 rings (SSSR count). The van der Waals surface area contributed by atoms with E-state index >= 15 is 0 Å². The molecule has 0 aliphatic carbocycles. The van der Waals surface area contributed by atoms with Gasteiger partial charge in [0.25, 0.3) is 10.0 Å². The Balaban J connectivity index is 2.58. The van der Waals surface area contributed by atoms with Crippen molar-refractivity contribution in [1.29, 1.82) is 0 Å². The van der Waals surface area contributed by atoms with Crippen LogP contribution in [0.25, 0.3) is 0 Å². The first-order valence-corrected chi connectivity index (χ1v) is 7.86. The van der Waals surface area contributed by atoms with Gasteiger partial charge >= 0.3 is 0 Å². The van der Waals surface area contributed by atoms with Crippen molar-refractivity contribution < 1.29 is 8.42 Å². The zero-order chi connectivity index (χ0) is 14.9. The maximum Gasteiger partial charge on any atom is 0.267 e. The molecule has 0 fully saturated rings. The molecule has 1 heterocycles. The summed E-state index contributed by atoms with van der Waals surface area (Å²) in [7, 11) is -1.90. The molecule has 0 spiro atoms. The summed E-state index contributed by atoms with van der Waals surface area (Å²) in [6, 6.07) is 7.29. The number of aryl methyl sites for hydroxylation is 2. The molecular weight excluding hydrogens is 274 g/mol.